The number of carbonyl (C=O) groups is 1. The number of nitrogens with zero attached hydrogens (tertiary/aromatic N) is 2. The Morgan fingerprint density at radius 2 is 1.85 bits per heavy atom. The molecule has 26 heavy (non-hydrogen) atoms. The zero-order valence-electron chi connectivity index (χ0n) is 14.0. The molecule has 0 aliphatic heterocycles. The maximum atomic E-state index is 13.7. The van der Waals surface area contributed by atoms with Crippen molar-refractivity contribution in [1.82, 2.24) is 9.97 Å². The first-order valence-electron chi connectivity index (χ1n) is 8.00. The summed E-state index contributed by atoms with van der Waals surface area (Å²) in [5, 5.41) is 5.37. The minimum Gasteiger partial charge on any atom is -0.322 e. The summed E-state index contributed by atoms with van der Waals surface area (Å²) in [5.41, 5.74) is 1.94. The Hall–Kier alpha value is -3.35. The third kappa shape index (κ3) is 4.18. The van der Waals surface area contributed by atoms with E-state index in [0.717, 1.165) is 24.1 Å². The molecule has 0 atom stereocenters. The Balaban J connectivity index is 1.74. The van der Waals surface area contributed by atoms with Gasteiger partial charge in [0.25, 0.3) is 5.91 Å². The third-order valence-corrected chi connectivity index (χ3v) is 3.69. The molecule has 132 valence electrons. The molecule has 0 aliphatic rings. The predicted molar refractivity (Wildman–Crippen MR) is 95.4 cm³/mol. The van der Waals surface area contributed by atoms with Gasteiger partial charge in [-0.1, -0.05) is 19.1 Å². The van der Waals surface area contributed by atoms with Crippen LogP contribution in [0.3, 0.4) is 0 Å². The molecule has 0 fully saturated rings. The molecule has 5 nitrogen and oxygen atoms in total. The van der Waals surface area contributed by atoms with E-state index in [9.17, 15) is 13.6 Å². The lowest BCUT2D eigenvalue weighted by Gasteiger charge is -2.08. The fourth-order valence-corrected chi connectivity index (χ4v) is 2.28. The Bertz CT molecular complexity index is 929. The van der Waals surface area contributed by atoms with Gasteiger partial charge in [-0.3, -0.25) is 4.79 Å². The molecule has 0 unspecified atom stereocenters. The van der Waals surface area contributed by atoms with Gasteiger partial charge >= 0.3 is 0 Å². The largest absolute Gasteiger partial charge is 0.322 e. The number of anilines is 3. The first-order valence-corrected chi connectivity index (χ1v) is 8.00. The van der Waals surface area contributed by atoms with E-state index in [1.54, 1.807) is 0 Å². The van der Waals surface area contributed by atoms with E-state index in [0.29, 0.717) is 5.69 Å². The predicted octanol–water partition coefficient (Wildman–Crippen LogP) is 4.31. The highest BCUT2D eigenvalue weighted by Crippen LogP contribution is 2.18. The van der Waals surface area contributed by atoms with E-state index in [2.05, 4.69) is 20.6 Å². The van der Waals surface area contributed by atoms with Gasteiger partial charge in [0.05, 0.1) is 5.69 Å². The number of rotatable bonds is 5. The summed E-state index contributed by atoms with van der Waals surface area (Å²) < 4.78 is 26.7. The summed E-state index contributed by atoms with van der Waals surface area (Å²) in [6.07, 6.45) is 2.29. The second-order valence-electron chi connectivity index (χ2n) is 5.52. The third-order valence-electron chi connectivity index (χ3n) is 3.69. The molecule has 3 rings (SSSR count). The summed E-state index contributed by atoms with van der Waals surface area (Å²) in [6.45, 7) is 2.05. The number of aryl methyl sites for hydroxylation is 1. The molecule has 3 aromatic rings. The van der Waals surface area contributed by atoms with Crippen molar-refractivity contribution in [2.45, 2.75) is 13.3 Å². The molecule has 1 amide bonds. The highest BCUT2D eigenvalue weighted by molar-refractivity contribution is 6.03. The van der Waals surface area contributed by atoms with Crippen molar-refractivity contribution in [3.63, 3.8) is 0 Å². The first-order chi connectivity index (χ1) is 12.5. The lowest BCUT2D eigenvalue weighted by molar-refractivity contribution is 0.102. The van der Waals surface area contributed by atoms with Crippen molar-refractivity contribution in [2.24, 2.45) is 0 Å². The van der Waals surface area contributed by atoms with Crippen molar-refractivity contribution in [1.29, 1.82) is 0 Å². The molecule has 2 N–H and O–H groups in total. The van der Waals surface area contributed by atoms with E-state index in [1.807, 2.05) is 31.2 Å². The van der Waals surface area contributed by atoms with Crippen molar-refractivity contribution in [2.75, 3.05) is 10.6 Å². The average Bonchev–Trinajstić information content (AvgIpc) is 2.65. The van der Waals surface area contributed by atoms with Crippen LogP contribution in [0.25, 0.3) is 0 Å². The van der Waals surface area contributed by atoms with E-state index < -0.39 is 17.5 Å². The second-order valence-corrected chi connectivity index (χ2v) is 5.52. The minimum atomic E-state index is -0.778. The van der Waals surface area contributed by atoms with Crippen LogP contribution >= 0.6 is 0 Å². The van der Waals surface area contributed by atoms with Crippen LogP contribution in [0.1, 0.15) is 23.0 Å². The average molecular weight is 354 g/mol. The van der Waals surface area contributed by atoms with Crippen LogP contribution < -0.4 is 10.6 Å². The van der Waals surface area contributed by atoms with Crippen LogP contribution in [-0.2, 0) is 6.42 Å². The van der Waals surface area contributed by atoms with Crippen molar-refractivity contribution >= 4 is 23.2 Å². The molecule has 0 radical (unpaired) electrons. The van der Waals surface area contributed by atoms with Gasteiger partial charge in [-0.25, -0.2) is 18.7 Å². The standard InChI is InChI=1S/C19H16F2N4O/c1-2-12-3-6-14(7-4-12)23-18(26)17-9-10-22-19(25-17)24-16-8-5-13(20)11-15(16)21/h3-11H,2H2,1H3,(H,23,26)(H,22,24,25). The van der Waals surface area contributed by atoms with Crippen LogP contribution in [0.2, 0.25) is 0 Å². The van der Waals surface area contributed by atoms with E-state index in [-0.39, 0.29) is 17.3 Å². The van der Waals surface area contributed by atoms with Crippen molar-refractivity contribution < 1.29 is 13.6 Å². The molecule has 0 saturated carbocycles. The monoisotopic (exact) mass is 354 g/mol. The van der Waals surface area contributed by atoms with Crippen molar-refractivity contribution in [3.05, 3.63) is 77.6 Å². The van der Waals surface area contributed by atoms with Gasteiger partial charge in [0.15, 0.2) is 0 Å². The number of hydrogen-bond acceptors (Lipinski definition) is 4. The molecule has 0 bridgehead atoms. The first kappa shape index (κ1) is 17.5. The van der Waals surface area contributed by atoms with Gasteiger partial charge < -0.3 is 10.6 Å². The van der Waals surface area contributed by atoms with Gasteiger partial charge in [0.2, 0.25) is 5.95 Å². The molecule has 0 aliphatic carbocycles. The molecule has 1 aromatic heterocycles. The Labute approximate surface area is 149 Å². The summed E-state index contributed by atoms with van der Waals surface area (Å²) in [4.78, 5) is 20.3. The van der Waals surface area contributed by atoms with Gasteiger partial charge in [-0.05, 0) is 42.3 Å². The lowest BCUT2D eigenvalue weighted by atomic mass is 10.1. The van der Waals surface area contributed by atoms with Gasteiger partial charge in [-0.15, -0.1) is 0 Å². The molecular formula is C19H16F2N4O. The smallest absolute Gasteiger partial charge is 0.274 e. The highest BCUT2D eigenvalue weighted by atomic mass is 19.1. The zero-order valence-corrected chi connectivity index (χ0v) is 14.0. The fraction of sp³-hybridized carbons (Fsp3) is 0.105. The summed E-state index contributed by atoms with van der Waals surface area (Å²) >= 11 is 0. The number of aromatic nitrogens is 2. The molecule has 1 heterocycles. The molecule has 0 spiro atoms. The molecule has 2 aromatic carbocycles. The summed E-state index contributed by atoms with van der Waals surface area (Å²) in [6, 6.07) is 12.0. The zero-order chi connectivity index (χ0) is 18.5. The van der Waals surface area contributed by atoms with E-state index in [4.69, 9.17) is 0 Å². The lowest BCUT2D eigenvalue weighted by Crippen LogP contribution is -2.14. The van der Waals surface area contributed by atoms with Gasteiger partial charge in [0, 0.05) is 18.0 Å². The van der Waals surface area contributed by atoms with Crippen molar-refractivity contribution in [3.8, 4) is 0 Å². The molecule has 0 saturated heterocycles. The Morgan fingerprint density at radius 3 is 2.54 bits per heavy atom. The normalized spacial score (nSPS) is 10.4. The number of benzene rings is 2. The second kappa shape index (κ2) is 7.69. The maximum Gasteiger partial charge on any atom is 0.274 e. The Morgan fingerprint density at radius 1 is 1.08 bits per heavy atom. The van der Waals surface area contributed by atoms with Gasteiger partial charge in [0.1, 0.15) is 17.3 Å². The number of amides is 1. The SMILES string of the molecule is CCc1ccc(NC(=O)c2ccnc(Nc3ccc(F)cc3F)n2)cc1. The quantitative estimate of drug-likeness (QED) is 0.716. The maximum absolute atomic E-state index is 13.7. The van der Waals surface area contributed by atoms with E-state index >= 15 is 0 Å². The van der Waals surface area contributed by atoms with Crippen LogP contribution in [-0.4, -0.2) is 15.9 Å². The van der Waals surface area contributed by atoms with Crippen LogP contribution in [0, 0.1) is 11.6 Å². The summed E-state index contributed by atoms with van der Waals surface area (Å²) in [5.74, 6) is -1.85. The number of hydrogen-bond donors (Lipinski definition) is 2. The topological polar surface area (TPSA) is 66.9 Å². The summed E-state index contributed by atoms with van der Waals surface area (Å²) in [7, 11) is 0. The van der Waals surface area contributed by atoms with Gasteiger partial charge in [-0.2, -0.15) is 0 Å². The molecular weight excluding hydrogens is 338 g/mol. The number of carbonyl (C=O) groups excluding carboxylic acids is 1. The number of nitrogens with one attached hydrogen (secondary N) is 2. The van der Waals surface area contributed by atoms with Crippen LogP contribution in [0.15, 0.2) is 54.7 Å². The van der Waals surface area contributed by atoms with Crippen LogP contribution in [0.4, 0.5) is 26.1 Å². The fourth-order valence-electron chi connectivity index (χ4n) is 2.28. The molecule has 7 heteroatoms. The minimum absolute atomic E-state index is 0.0131. The Kier molecular flexibility index (Phi) is 5.17. The number of halogens is 2. The highest BCUT2D eigenvalue weighted by Gasteiger charge is 2.11. The van der Waals surface area contributed by atoms with E-state index in [1.165, 1.54) is 18.3 Å². The van der Waals surface area contributed by atoms with Crippen LogP contribution in [0.5, 0.6) is 0 Å².